The summed E-state index contributed by atoms with van der Waals surface area (Å²) in [4.78, 5) is 12.0. The van der Waals surface area contributed by atoms with Crippen LogP contribution >= 0.6 is 23.2 Å². The maximum absolute atomic E-state index is 12.0. The van der Waals surface area contributed by atoms with Crippen LogP contribution in [0, 0.1) is 11.3 Å². The average Bonchev–Trinajstić information content (AvgIpc) is 2.55. The molecule has 2 aromatic carbocycles. The first-order valence-corrected chi connectivity index (χ1v) is 8.19. The number of anilines is 1. The largest absolute Gasteiger partial charge is 0.325 e. The summed E-state index contributed by atoms with van der Waals surface area (Å²) >= 11 is 12.0. The van der Waals surface area contributed by atoms with E-state index in [4.69, 9.17) is 28.5 Å². The molecule has 0 heterocycles. The van der Waals surface area contributed by atoms with Gasteiger partial charge in [-0.3, -0.25) is 4.79 Å². The van der Waals surface area contributed by atoms with Crippen molar-refractivity contribution >= 4 is 34.8 Å². The minimum atomic E-state index is -0.153. The van der Waals surface area contributed by atoms with Gasteiger partial charge in [0.15, 0.2) is 0 Å². The molecular weight excluding hydrogens is 345 g/mol. The number of halogens is 2. The van der Waals surface area contributed by atoms with Crippen LogP contribution in [0.2, 0.25) is 10.0 Å². The van der Waals surface area contributed by atoms with Gasteiger partial charge in [-0.05, 0) is 42.3 Å². The number of hydrogen-bond donors (Lipinski definition) is 2. The molecule has 0 aliphatic carbocycles. The number of benzene rings is 2. The molecule has 0 fully saturated rings. The second kappa shape index (κ2) is 8.70. The number of carbonyl (C=O) groups excluding carboxylic acids is 1. The molecule has 2 rings (SSSR count). The summed E-state index contributed by atoms with van der Waals surface area (Å²) in [7, 11) is 0. The molecule has 0 aliphatic heterocycles. The molecule has 2 aromatic rings. The molecule has 0 saturated heterocycles. The van der Waals surface area contributed by atoms with Gasteiger partial charge in [-0.2, -0.15) is 5.26 Å². The van der Waals surface area contributed by atoms with Crippen molar-refractivity contribution in [2.45, 2.75) is 19.4 Å². The fraction of sp³-hybridized carbons (Fsp3) is 0.222. The molecule has 1 amide bonds. The lowest BCUT2D eigenvalue weighted by Crippen LogP contribution is -2.30. The molecule has 124 valence electrons. The lowest BCUT2D eigenvalue weighted by atomic mass is 10.1. The second-order valence-corrected chi connectivity index (χ2v) is 6.19. The van der Waals surface area contributed by atoms with Crippen molar-refractivity contribution in [2.24, 2.45) is 0 Å². The van der Waals surface area contributed by atoms with Crippen molar-refractivity contribution in [1.82, 2.24) is 5.32 Å². The molecule has 24 heavy (non-hydrogen) atoms. The minimum absolute atomic E-state index is 0.0847. The molecule has 6 heteroatoms. The lowest BCUT2D eigenvalue weighted by molar-refractivity contribution is -0.115. The highest BCUT2D eigenvalue weighted by atomic mass is 35.5. The molecule has 0 aromatic heterocycles. The van der Waals surface area contributed by atoms with Crippen molar-refractivity contribution in [1.29, 1.82) is 5.26 Å². The van der Waals surface area contributed by atoms with Crippen molar-refractivity contribution < 1.29 is 4.79 Å². The second-order valence-electron chi connectivity index (χ2n) is 5.35. The zero-order valence-electron chi connectivity index (χ0n) is 13.1. The Morgan fingerprint density at radius 3 is 2.54 bits per heavy atom. The predicted molar refractivity (Wildman–Crippen MR) is 97.3 cm³/mol. The maximum atomic E-state index is 12.0. The van der Waals surface area contributed by atoms with Gasteiger partial charge in [0.2, 0.25) is 5.91 Å². The van der Waals surface area contributed by atoms with Gasteiger partial charge in [0, 0.05) is 21.8 Å². The molecule has 0 unspecified atom stereocenters. The number of hydrogen-bond acceptors (Lipinski definition) is 3. The van der Waals surface area contributed by atoms with E-state index in [-0.39, 0.29) is 18.5 Å². The van der Waals surface area contributed by atoms with Gasteiger partial charge in [-0.1, -0.05) is 41.4 Å². The first-order chi connectivity index (χ1) is 11.5. The van der Waals surface area contributed by atoms with Crippen molar-refractivity contribution in [3.63, 3.8) is 0 Å². The number of carbonyl (C=O) groups is 1. The molecule has 4 nitrogen and oxygen atoms in total. The van der Waals surface area contributed by atoms with Crippen molar-refractivity contribution in [3.05, 3.63) is 63.6 Å². The zero-order chi connectivity index (χ0) is 17.5. The molecule has 0 bridgehead atoms. The standard InChI is InChI=1S/C18H17Cl2N3O/c1-12(16-7-4-14(19)10-17(16)20)22-11-18(24)23-15-5-2-13(3-6-15)8-9-21/h2-7,10,12,22H,8,11H2,1H3,(H,23,24)/t12-/m1/s1. The Hall–Kier alpha value is -2.06. The number of nitrogens with zero attached hydrogens (tertiary/aromatic N) is 1. The Morgan fingerprint density at radius 2 is 1.92 bits per heavy atom. The van der Waals surface area contributed by atoms with E-state index >= 15 is 0 Å². The van der Waals surface area contributed by atoms with E-state index in [1.807, 2.05) is 25.1 Å². The van der Waals surface area contributed by atoms with Crippen molar-refractivity contribution in [3.8, 4) is 6.07 Å². The van der Waals surface area contributed by atoms with E-state index in [0.29, 0.717) is 22.2 Å². The van der Waals surface area contributed by atoms with Crippen LogP contribution in [0.25, 0.3) is 0 Å². The summed E-state index contributed by atoms with van der Waals surface area (Å²) in [6.07, 6.45) is 0.356. The number of nitrogens with one attached hydrogen (secondary N) is 2. The highest BCUT2D eigenvalue weighted by molar-refractivity contribution is 6.35. The molecule has 2 N–H and O–H groups in total. The third-order valence-electron chi connectivity index (χ3n) is 3.52. The van der Waals surface area contributed by atoms with Gasteiger partial charge >= 0.3 is 0 Å². The van der Waals surface area contributed by atoms with Crippen LogP contribution in [0.4, 0.5) is 5.69 Å². The Bertz CT molecular complexity index is 754. The van der Waals surface area contributed by atoms with E-state index in [1.165, 1.54) is 0 Å². The van der Waals surface area contributed by atoms with Crippen LogP contribution in [0.1, 0.15) is 24.1 Å². The van der Waals surface area contributed by atoms with E-state index in [1.54, 1.807) is 24.3 Å². The Kier molecular flexibility index (Phi) is 6.62. The monoisotopic (exact) mass is 361 g/mol. The highest BCUT2D eigenvalue weighted by Gasteiger charge is 2.11. The first kappa shape index (κ1) is 18.3. The van der Waals surface area contributed by atoms with E-state index in [9.17, 15) is 4.79 Å². The van der Waals surface area contributed by atoms with Gasteiger partial charge < -0.3 is 10.6 Å². The van der Waals surface area contributed by atoms with Crippen LogP contribution in [-0.4, -0.2) is 12.5 Å². The van der Waals surface area contributed by atoms with E-state index < -0.39 is 0 Å². The van der Waals surface area contributed by atoms with Gasteiger partial charge in [0.25, 0.3) is 0 Å². The third-order valence-corrected chi connectivity index (χ3v) is 4.08. The molecule has 0 aliphatic rings. The Balaban J connectivity index is 1.87. The highest BCUT2D eigenvalue weighted by Crippen LogP contribution is 2.25. The summed E-state index contributed by atoms with van der Waals surface area (Å²) in [5.74, 6) is -0.153. The molecule has 0 spiro atoms. The normalized spacial score (nSPS) is 11.6. The van der Waals surface area contributed by atoms with Gasteiger partial charge in [0.05, 0.1) is 19.0 Å². The number of rotatable bonds is 6. The summed E-state index contributed by atoms with van der Waals surface area (Å²) in [6, 6.07) is 14.5. The van der Waals surface area contributed by atoms with Crippen LogP contribution < -0.4 is 10.6 Å². The summed E-state index contributed by atoms with van der Waals surface area (Å²) in [5.41, 5.74) is 2.50. The topological polar surface area (TPSA) is 64.9 Å². The molecule has 1 atom stereocenters. The van der Waals surface area contributed by atoms with Gasteiger partial charge in [0.1, 0.15) is 0 Å². The summed E-state index contributed by atoms with van der Waals surface area (Å²) < 4.78 is 0. The number of amides is 1. The van der Waals surface area contributed by atoms with Gasteiger partial charge in [-0.25, -0.2) is 0 Å². The molecule has 0 radical (unpaired) electrons. The fourth-order valence-electron chi connectivity index (χ4n) is 2.21. The number of nitriles is 1. The van der Waals surface area contributed by atoms with Gasteiger partial charge in [-0.15, -0.1) is 0 Å². The van der Waals surface area contributed by atoms with Crippen LogP contribution in [0.5, 0.6) is 0 Å². The zero-order valence-corrected chi connectivity index (χ0v) is 14.7. The Labute approximate surface area is 151 Å². The third kappa shape index (κ3) is 5.24. The smallest absolute Gasteiger partial charge is 0.238 e. The average molecular weight is 362 g/mol. The predicted octanol–water partition coefficient (Wildman–Crippen LogP) is 4.35. The van der Waals surface area contributed by atoms with Crippen molar-refractivity contribution in [2.75, 3.05) is 11.9 Å². The molecular formula is C18H17Cl2N3O. The van der Waals surface area contributed by atoms with E-state index in [0.717, 1.165) is 11.1 Å². The Morgan fingerprint density at radius 1 is 1.21 bits per heavy atom. The van der Waals surface area contributed by atoms with Crippen LogP contribution in [-0.2, 0) is 11.2 Å². The SMILES string of the molecule is C[C@@H](NCC(=O)Nc1ccc(CC#N)cc1)c1ccc(Cl)cc1Cl. The van der Waals surface area contributed by atoms with Crippen LogP contribution in [0.15, 0.2) is 42.5 Å². The fourth-order valence-corrected chi connectivity index (χ4v) is 2.78. The minimum Gasteiger partial charge on any atom is -0.325 e. The molecule has 0 saturated carbocycles. The quantitative estimate of drug-likeness (QED) is 0.803. The maximum Gasteiger partial charge on any atom is 0.238 e. The van der Waals surface area contributed by atoms with E-state index in [2.05, 4.69) is 16.7 Å². The van der Waals surface area contributed by atoms with Crippen LogP contribution in [0.3, 0.4) is 0 Å². The summed E-state index contributed by atoms with van der Waals surface area (Å²) in [5, 5.41) is 15.7. The summed E-state index contributed by atoms with van der Waals surface area (Å²) in [6.45, 7) is 2.08. The lowest BCUT2D eigenvalue weighted by Gasteiger charge is -2.16. The first-order valence-electron chi connectivity index (χ1n) is 7.43.